The van der Waals surface area contributed by atoms with Crippen molar-refractivity contribution in [2.75, 3.05) is 37.4 Å². The molecule has 26 heavy (non-hydrogen) atoms. The van der Waals surface area contributed by atoms with E-state index >= 15 is 0 Å². The van der Waals surface area contributed by atoms with Crippen LogP contribution in [-0.4, -0.2) is 54.0 Å². The topological polar surface area (TPSA) is 61.4 Å². The predicted molar refractivity (Wildman–Crippen MR) is 107 cm³/mol. The molecule has 0 spiro atoms. The van der Waals surface area contributed by atoms with Gasteiger partial charge in [0.25, 0.3) is 5.91 Å². The summed E-state index contributed by atoms with van der Waals surface area (Å²) in [6.45, 7) is 3.66. The van der Waals surface area contributed by atoms with Crippen molar-refractivity contribution in [1.29, 1.82) is 0 Å². The van der Waals surface area contributed by atoms with Crippen molar-refractivity contribution >= 4 is 28.7 Å². The molecule has 1 saturated heterocycles. The number of aromatic nitrogens is 2. The Morgan fingerprint density at radius 2 is 2.12 bits per heavy atom. The minimum atomic E-state index is 0.125. The van der Waals surface area contributed by atoms with Gasteiger partial charge in [0, 0.05) is 33.2 Å². The zero-order chi connectivity index (χ0) is 18.5. The second-order valence-corrected chi connectivity index (χ2v) is 7.95. The maximum atomic E-state index is 12.7. The SMILES string of the molecule is CCc1ncc(C(=O)N2CCC[C@H](Nc3ccc(N(C)C)nc3)CC2)s1. The highest BCUT2D eigenvalue weighted by Crippen LogP contribution is 2.21. The summed E-state index contributed by atoms with van der Waals surface area (Å²) < 4.78 is 0. The molecule has 1 N–H and O–H groups in total. The summed E-state index contributed by atoms with van der Waals surface area (Å²) in [6.07, 6.45) is 7.50. The first-order valence-corrected chi connectivity index (χ1v) is 10.0. The Kier molecular flexibility index (Phi) is 6.08. The van der Waals surface area contributed by atoms with E-state index in [0.717, 1.165) is 60.2 Å². The van der Waals surface area contributed by atoms with Crippen LogP contribution in [-0.2, 0) is 6.42 Å². The molecule has 0 aliphatic carbocycles. The molecule has 1 aliphatic rings. The van der Waals surface area contributed by atoms with E-state index in [1.165, 1.54) is 11.3 Å². The quantitative estimate of drug-likeness (QED) is 0.871. The van der Waals surface area contributed by atoms with Gasteiger partial charge in [-0.15, -0.1) is 11.3 Å². The van der Waals surface area contributed by atoms with E-state index < -0.39 is 0 Å². The normalized spacial score (nSPS) is 17.7. The fourth-order valence-electron chi connectivity index (χ4n) is 3.14. The molecule has 0 radical (unpaired) electrons. The third-order valence-electron chi connectivity index (χ3n) is 4.66. The highest BCUT2D eigenvalue weighted by atomic mass is 32.1. The van der Waals surface area contributed by atoms with Crippen molar-refractivity contribution < 1.29 is 4.79 Å². The largest absolute Gasteiger partial charge is 0.381 e. The molecular formula is C19H27N5OS. The van der Waals surface area contributed by atoms with Gasteiger partial charge in [-0.25, -0.2) is 9.97 Å². The number of nitrogens with zero attached hydrogens (tertiary/aromatic N) is 4. The van der Waals surface area contributed by atoms with Gasteiger partial charge in [-0.2, -0.15) is 0 Å². The summed E-state index contributed by atoms with van der Waals surface area (Å²) in [5, 5.41) is 4.60. The zero-order valence-electron chi connectivity index (χ0n) is 15.7. The number of carbonyl (C=O) groups excluding carboxylic acids is 1. The minimum absolute atomic E-state index is 0.125. The number of nitrogens with one attached hydrogen (secondary N) is 1. The number of hydrogen-bond donors (Lipinski definition) is 1. The van der Waals surface area contributed by atoms with Crippen LogP contribution in [0.5, 0.6) is 0 Å². The van der Waals surface area contributed by atoms with Crippen molar-refractivity contribution in [3.63, 3.8) is 0 Å². The van der Waals surface area contributed by atoms with Gasteiger partial charge in [-0.1, -0.05) is 6.92 Å². The number of hydrogen-bond acceptors (Lipinski definition) is 6. The molecule has 1 aliphatic heterocycles. The smallest absolute Gasteiger partial charge is 0.265 e. The lowest BCUT2D eigenvalue weighted by Gasteiger charge is -2.20. The Hall–Kier alpha value is -2.15. The van der Waals surface area contributed by atoms with E-state index in [9.17, 15) is 4.79 Å². The fraction of sp³-hybridized carbons (Fsp3) is 0.526. The van der Waals surface area contributed by atoms with Gasteiger partial charge in [-0.05, 0) is 37.8 Å². The Morgan fingerprint density at radius 1 is 1.27 bits per heavy atom. The summed E-state index contributed by atoms with van der Waals surface area (Å²) in [5.41, 5.74) is 1.04. The second-order valence-electron chi connectivity index (χ2n) is 6.84. The van der Waals surface area contributed by atoms with Crippen LogP contribution >= 0.6 is 11.3 Å². The van der Waals surface area contributed by atoms with E-state index in [0.29, 0.717) is 6.04 Å². The molecule has 0 saturated carbocycles. The van der Waals surface area contributed by atoms with Crippen molar-refractivity contribution in [3.05, 3.63) is 34.4 Å². The number of amides is 1. The second kappa shape index (κ2) is 8.49. The van der Waals surface area contributed by atoms with Gasteiger partial charge < -0.3 is 15.1 Å². The molecule has 140 valence electrons. The highest BCUT2D eigenvalue weighted by Gasteiger charge is 2.23. The molecule has 2 aromatic heterocycles. The highest BCUT2D eigenvalue weighted by molar-refractivity contribution is 7.13. The van der Waals surface area contributed by atoms with Crippen molar-refractivity contribution in [1.82, 2.24) is 14.9 Å². The van der Waals surface area contributed by atoms with Crippen molar-refractivity contribution in [2.24, 2.45) is 0 Å². The molecule has 1 fully saturated rings. The molecule has 3 rings (SSSR count). The van der Waals surface area contributed by atoms with Gasteiger partial charge in [0.1, 0.15) is 10.7 Å². The number of pyridine rings is 1. The van der Waals surface area contributed by atoms with E-state index in [1.807, 2.05) is 36.2 Å². The third kappa shape index (κ3) is 4.52. The summed E-state index contributed by atoms with van der Waals surface area (Å²) in [6, 6.07) is 4.46. The standard InChI is InChI=1S/C19H27N5OS/c1-4-18-21-13-16(26-18)19(25)24-10-5-6-14(9-11-24)22-15-7-8-17(20-12-15)23(2)3/h7-8,12-14,22H,4-6,9-11H2,1-3H3/t14-/m0/s1. The summed E-state index contributed by atoms with van der Waals surface area (Å²) in [5.74, 6) is 1.07. The van der Waals surface area contributed by atoms with Gasteiger partial charge in [0.2, 0.25) is 0 Å². The Balaban J connectivity index is 1.56. The molecule has 0 unspecified atom stereocenters. The predicted octanol–water partition coefficient (Wildman–Crippen LogP) is 3.27. The summed E-state index contributed by atoms with van der Waals surface area (Å²) in [4.78, 5) is 26.2. The molecule has 2 aromatic rings. The number of likely N-dealkylation sites (tertiary alicyclic amines) is 1. The molecule has 1 amide bonds. The number of aryl methyl sites for hydroxylation is 1. The van der Waals surface area contributed by atoms with Gasteiger partial charge in [0.15, 0.2) is 0 Å². The first-order valence-electron chi connectivity index (χ1n) is 9.20. The number of thiazole rings is 1. The van der Waals surface area contributed by atoms with Crippen molar-refractivity contribution in [2.45, 2.75) is 38.6 Å². The Labute approximate surface area is 159 Å². The molecule has 0 aromatic carbocycles. The van der Waals surface area contributed by atoms with Crippen LogP contribution in [0.1, 0.15) is 40.9 Å². The lowest BCUT2D eigenvalue weighted by molar-refractivity contribution is 0.0766. The monoisotopic (exact) mass is 373 g/mol. The van der Waals surface area contributed by atoms with Gasteiger partial charge in [-0.3, -0.25) is 4.79 Å². The summed E-state index contributed by atoms with van der Waals surface area (Å²) >= 11 is 1.52. The molecule has 0 bridgehead atoms. The first-order chi connectivity index (χ1) is 12.6. The van der Waals surface area contributed by atoms with E-state index in [1.54, 1.807) is 6.20 Å². The molecule has 3 heterocycles. The Morgan fingerprint density at radius 3 is 2.77 bits per heavy atom. The van der Waals surface area contributed by atoms with Gasteiger partial charge >= 0.3 is 0 Å². The maximum Gasteiger partial charge on any atom is 0.265 e. The average Bonchev–Trinajstić information content (AvgIpc) is 3.01. The van der Waals surface area contributed by atoms with Crippen LogP contribution in [0.2, 0.25) is 0 Å². The number of carbonyl (C=O) groups is 1. The van der Waals surface area contributed by atoms with Crippen LogP contribution in [0, 0.1) is 0 Å². The van der Waals surface area contributed by atoms with E-state index in [-0.39, 0.29) is 5.91 Å². The van der Waals surface area contributed by atoms with Crippen molar-refractivity contribution in [3.8, 4) is 0 Å². The molecular weight excluding hydrogens is 346 g/mol. The van der Waals surface area contributed by atoms with E-state index in [2.05, 4.69) is 28.3 Å². The van der Waals surface area contributed by atoms with Gasteiger partial charge in [0.05, 0.1) is 23.1 Å². The lowest BCUT2D eigenvalue weighted by Crippen LogP contribution is -2.32. The molecule has 1 atom stereocenters. The zero-order valence-corrected chi connectivity index (χ0v) is 16.6. The Bertz CT molecular complexity index is 728. The number of rotatable bonds is 5. The lowest BCUT2D eigenvalue weighted by atomic mass is 10.1. The van der Waals surface area contributed by atoms with Crippen LogP contribution in [0.15, 0.2) is 24.5 Å². The molecule has 7 heteroatoms. The average molecular weight is 374 g/mol. The molecule has 6 nitrogen and oxygen atoms in total. The fourth-order valence-corrected chi connectivity index (χ4v) is 3.97. The van der Waals surface area contributed by atoms with Crippen LogP contribution in [0.25, 0.3) is 0 Å². The van der Waals surface area contributed by atoms with Crippen LogP contribution < -0.4 is 10.2 Å². The first kappa shape index (κ1) is 18.6. The maximum absolute atomic E-state index is 12.7. The third-order valence-corrected chi connectivity index (χ3v) is 5.79. The van der Waals surface area contributed by atoms with Crippen LogP contribution in [0.4, 0.5) is 11.5 Å². The summed E-state index contributed by atoms with van der Waals surface area (Å²) in [7, 11) is 3.97. The minimum Gasteiger partial charge on any atom is -0.381 e. The number of anilines is 2. The van der Waals surface area contributed by atoms with Crippen LogP contribution in [0.3, 0.4) is 0 Å². The van der Waals surface area contributed by atoms with E-state index in [4.69, 9.17) is 0 Å².